The highest BCUT2D eigenvalue weighted by molar-refractivity contribution is 5.70. The summed E-state index contributed by atoms with van der Waals surface area (Å²) in [6, 6.07) is 8.43. The molecule has 1 aromatic rings. The van der Waals surface area contributed by atoms with E-state index in [1.54, 1.807) is 14.2 Å². The first-order valence-corrected chi connectivity index (χ1v) is 9.34. The van der Waals surface area contributed by atoms with Gasteiger partial charge in [0.15, 0.2) is 0 Å². The van der Waals surface area contributed by atoms with Gasteiger partial charge in [0.2, 0.25) is 0 Å². The second-order valence-corrected chi connectivity index (χ2v) is 6.32. The Balaban J connectivity index is 2.49. The zero-order chi connectivity index (χ0) is 19.0. The molecule has 0 aliphatic rings. The lowest BCUT2D eigenvalue weighted by molar-refractivity contribution is 0.175. The highest BCUT2D eigenvalue weighted by Crippen LogP contribution is 2.20. The van der Waals surface area contributed by atoms with Crippen molar-refractivity contribution in [2.24, 2.45) is 0 Å². The van der Waals surface area contributed by atoms with Gasteiger partial charge in [-0.25, -0.2) is 0 Å². The predicted octanol–water partition coefficient (Wildman–Crippen LogP) is 5.29. The van der Waals surface area contributed by atoms with Crippen molar-refractivity contribution in [3.8, 4) is 0 Å². The quantitative estimate of drug-likeness (QED) is 0.333. The van der Waals surface area contributed by atoms with Crippen LogP contribution in [0, 0.1) is 0 Å². The van der Waals surface area contributed by atoms with Crippen LogP contribution in [0.1, 0.15) is 50.7 Å². The van der Waals surface area contributed by atoms with Crippen LogP contribution in [-0.2, 0) is 18.9 Å². The molecule has 0 atom stereocenters. The predicted molar refractivity (Wildman–Crippen MR) is 108 cm³/mol. The Morgan fingerprint density at radius 1 is 0.731 bits per heavy atom. The van der Waals surface area contributed by atoms with Crippen molar-refractivity contribution in [3.63, 3.8) is 0 Å². The number of ether oxygens (including phenoxy) is 4. The van der Waals surface area contributed by atoms with Crippen LogP contribution in [0.15, 0.2) is 36.8 Å². The summed E-state index contributed by atoms with van der Waals surface area (Å²) >= 11 is 0. The molecule has 0 fully saturated rings. The zero-order valence-electron chi connectivity index (χ0n) is 16.8. The number of hydrogen-bond donors (Lipinski definition) is 0. The number of rotatable bonds is 14. The number of benzene rings is 1. The standard InChI is InChI=1S/C22H34O4/c1-19(17-25-14-7-5-12-23-3)21-10-9-11-22(16-21)20(2)18-26-15-8-6-13-24-4/h9-11,16-18H,5-8,12-15H2,1-4H3. The SMILES string of the molecule is COCCCCOC=C(C)c1cccc(C(C)=COCCCCOC)c1. The second kappa shape index (κ2) is 14.4. The van der Waals surface area contributed by atoms with E-state index in [2.05, 4.69) is 38.1 Å². The minimum atomic E-state index is 0.718. The van der Waals surface area contributed by atoms with Gasteiger partial charge in [0, 0.05) is 27.4 Å². The second-order valence-electron chi connectivity index (χ2n) is 6.32. The Bertz CT molecular complexity index is 504. The minimum absolute atomic E-state index is 0.718. The van der Waals surface area contributed by atoms with Gasteiger partial charge in [0.05, 0.1) is 25.7 Å². The van der Waals surface area contributed by atoms with Gasteiger partial charge < -0.3 is 18.9 Å². The lowest BCUT2D eigenvalue weighted by Crippen LogP contribution is -1.94. The first-order valence-electron chi connectivity index (χ1n) is 9.34. The van der Waals surface area contributed by atoms with E-state index in [0.29, 0.717) is 0 Å². The van der Waals surface area contributed by atoms with Gasteiger partial charge in [-0.15, -0.1) is 0 Å². The summed E-state index contributed by atoms with van der Waals surface area (Å²) in [4.78, 5) is 0. The van der Waals surface area contributed by atoms with E-state index in [0.717, 1.165) is 74.4 Å². The van der Waals surface area contributed by atoms with Crippen molar-refractivity contribution in [3.05, 3.63) is 47.9 Å². The van der Waals surface area contributed by atoms with E-state index in [1.165, 1.54) is 0 Å². The third-order valence-electron chi connectivity index (χ3n) is 4.01. The maximum atomic E-state index is 5.64. The van der Waals surface area contributed by atoms with Gasteiger partial charge in [-0.05, 0) is 67.9 Å². The van der Waals surface area contributed by atoms with Gasteiger partial charge in [-0.3, -0.25) is 0 Å². The Hall–Kier alpha value is -1.78. The molecule has 0 aliphatic carbocycles. The van der Waals surface area contributed by atoms with E-state index in [-0.39, 0.29) is 0 Å². The largest absolute Gasteiger partial charge is 0.501 e. The van der Waals surface area contributed by atoms with Crippen LogP contribution in [0.3, 0.4) is 0 Å². The molecule has 1 rings (SSSR count). The number of allylic oxidation sites excluding steroid dienone is 2. The molecule has 0 aromatic heterocycles. The first-order chi connectivity index (χ1) is 12.7. The molecule has 0 spiro atoms. The number of hydrogen-bond acceptors (Lipinski definition) is 4. The first kappa shape index (κ1) is 22.3. The van der Waals surface area contributed by atoms with Crippen molar-refractivity contribution >= 4 is 11.1 Å². The molecule has 4 nitrogen and oxygen atoms in total. The van der Waals surface area contributed by atoms with Crippen LogP contribution in [0.4, 0.5) is 0 Å². The molecule has 0 aliphatic heterocycles. The summed E-state index contributed by atoms with van der Waals surface area (Å²) in [6.45, 7) is 7.15. The lowest BCUT2D eigenvalue weighted by Gasteiger charge is -2.08. The Morgan fingerprint density at radius 3 is 1.58 bits per heavy atom. The van der Waals surface area contributed by atoms with Crippen LogP contribution in [-0.4, -0.2) is 40.6 Å². The fourth-order valence-electron chi connectivity index (χ4n) is 2.38. The van der Waals surface area contributed by atoms with Gasteiger partial charge in [0.25, 0.3) is 0 Å². The van der Waals surface area contributed by atoms with Crippen LogP contribution < -0.4 is 0 Å². The topological polar surface area (TPSA) is 36.9 Å². The normalized spacial score (nSPS) is 12.3. The molecule has 0 radical (unpaired) electrons. The minimum Gasteiger partial charge on any atom is -0.501 e. The summed E-state index contributed by atoms with van der Waals surface area (Å²) in [6.07, 6.45) is 7.74. The Kier molecular flexibility index (Phi) is 12.3. The average Bonchev–Trinajstić information content (AvgIpc) is 2.67. The molecule has 0 saturated carbocycles. The van der Waals surface area contributed by atoms with Crippen molar-refractivity contribution < 1.29 is 18.9 Å². The molecule has 0 heterocycles. The van der Waals surface area contributed by atoms with Crippen molar-refractivity contribution in [2.75, 3.05) is 40.6 Å². The summed E-state index contributed by atoms with van der Waals surface area (Å²) in [7, 11) is 3.45. The molecule has 0 amide bonds. The van der Waals surface area contributed by atoms with E-state index >= 15 is 0 Å². The zero-order valence-corrected chi connectivity index (χ0v) is 16.8. The van der Waals surface area contributed by atoms with E-state index in [4.69, 9.17) is 18.9 Å². The fourth-order valence-corrected chi connectivity index (χ4v) is 2.38. The molecular weight excluding hydrogens is 328 g/mol. The third-order valence-corrected chi connectivity index (χ3v) is 4.01. The molecule has 0 saturated heterocycles. The molecule has 26 heavy (non-hydrogen) atoms. The van der Waals surface area contributed by atoms with Crippen LogP contribution in [0.2, 0.25) is 0 Å². The van der Waals surface area contributed by atoms with Crippen LogP contribution >= 0.6 is 0 Å². The molecular formula is C22H34O4. The molecule has 1 aromatic carbocycles. The average molecular weight is 363 g/mol. The van der Waals surface area contributed by atoms with Crippen molar-refractivity contribution in [1.82, 2.24) is 0 Å². The van der Waals surface area contributed by atoms with Gasteiger partial charge >= 0.3 is 0 Å². The Labute approximate surface area is 158 Å². The monoisotopic (exact) mass is 362 g/mol. The van der Waals surface area contributed by atoms with Crippen molar-refractivity contribution in [1.29, 1.82) is 0 Å². The maximum Gasteiger partial charge on any atom is 0.0874 e. The van der Waals surface area contributed by atoms with Gasteiger partial charge in [0.1, 0.15) is 0 Å². The smallest absolute Gasteiger partial charge is 0.0874 e. The van der Waals surface area contributed by atoms with E-state index in [9.17, 15) is 0 Å². The highest BCUT2D eigenvalue weighted by Gasteiger charge is 2.01. The summed E-state index contributed by atoms with van der Waals surface area (Å²) in [5.74, 6) is 0. The van der Waals surface area contributed by atoms with E-state index < -0.39 is 0 Å². The van der Waals surface area contributed by atoms with E-state index in [1.807, 2.05) is 12.5 Å². The molecule has 0 N–H and O–H groups in total. The molecule has 4 heteroatoms. The summed E-state index contributed by atoms with van der Waals surface area (Å²) in [5.41, 5.74) is 4.55. The molecule has 0 unspecified atom stereocenters. The summed E-state index contributed by atoms with van der Waals surface area (Å²) < 4.78 is 21.4. The third kappa shape index (κ3) is 9.64. The van der Waals surface area contributed by atoms with Gasteiger partial charge in [-0.1, -0.05) is 18.2 Å². The molecule has 0 bridgehead atoms. The number of methoxy groups -OCH3 is 2. The molecule has 146 valence electrons. The highest BCUT2D eigenvalue weighted by atomic mass is 16.5. The summed E-state index contributed by atoms with van der Waals surface area (Å²) in [5, 5.41) is 0. The van der Waals surface area contributed by atoms with Crippen LogP contribution in [0.25, 0.3) is 11.1 Å². The van der Waals surface area contributed by atoms with Crippen molar-refractivity contribution in [2.45, 2.75) is 39.5 Å². The lowest BCUT2D eigenvalue weighted by atomic mass is 10.0. The van der Waals surface area contributed by atoms with Crippen LogP contribution in [0.5, 0.6) is 0 Å². The number of unbranched alkanes of at least 4 members (excludes halogenated alkanes) is 2. The van der Waals surface area contributed by atoms with Gasteiger partial charge in [-0.2, -0.15) is 0 Å². The fraction of sp³-hybridized carbons (Fsp3) is 0.545. The maximum absolute atomic E-state index is 5.64. The Morgan fingerprint density at radius 2 is 1.15 bits per heavy atom.